The van der Waals surface area contributed by atoms with E-state index in [-0.39, 0.29) is 0 Å². The van der Waals surface area contributed by atoms with Gasteiger partial charge in [0.05, 0.1) is 24.4 Å². The van der Waals surface area contributed by atoms with Crippen LogP contribution in [0, 0.1) is 6.92 Å². The smallest absolute Gasteiger partial charge is 0.224 e. The average Bonchev–Trinajstić information content (AvgIpc) is 2.97. The zero-order valence-corrected chi connectivity index (χ0v) is 12.1. The van der Waals surface area contributed by atoms with Gasteiger partial charge in [0.2, 0.25) is 5.95 Å². The summed E-state index contributed by atoms with van der Waals surface area (Å²) in [5, 5.41) is 11.0. The Morgan fingerprint density at radius 1 is 1.24 bits per heavy atom. The number of aromatic amines is 1. The fraction of sp³-hybridized carbons (Fsp3) is 0.267. The quantitative estimate of drug-likeness (QED) is 0.751. The highest BCUT2D eigenvalue weighted by Gasteiger charge is 2.06. The van der Waals surface area contributed by atoms with Gasteiger partial charge in [0.15, 0.2) is 5.65 Å². The number of ether oxygens (including phenoxy) is 1. The maximum Gasteiger partial charge on any atom is 0.224 e. The number of nitrogens with zero attached hydrogens (tertiary/aromatic N) is 3. The van der Waals surface area contributed by atoms with Crippen molar-refractivity contribution in [3.05, 3.63) is 41.7 Å². The molecule has 0 spiro atoms. The lowest BCUT2D eigenvalue weighted by molar-refractivity contribution is 0.410. The first kappa shape index (κ1) is 13.4. The first-order valence-corrected chi connectivity index (χ1v) is 6.81. The van der Waals surface area contributed by atoms with Gasteiger partial charge in [-0.05, 0) is 25.0 Å². The molecule has 6 heteroatoms. The number of aryl methyl sites for hydroxylation is 1. The normalized spacial score (nSPS) is 10.8. The molecule has 3 aromatic rings. The monoisotopic (exact) mass is 283 g/mol. The maximum atomic E-state index is 5.34. The molecule has 0 aliphatic heterocycles. The molecule has 2 heterocycles. The van der Waals surface area contributed by atoms with E-state index in [1.54, 1.807) is 13.3 Å². The van der Waals surface area contributed by atoms with Crippen LogP contribution in [-0.4, -0.2) is 33.8 Å². The van der Waals surface area contributed by atoms with Crippen LogP contribution in [0.2, 0.25) is 0 Å². The molecule has 6 nitrogen and oxygen atoms in total. The van der Waals surface area contributed by atoms with E-state index < -0.39 is 0 Å². The summed E-state index contributed by atoms with van der Waals surface area (Å²) in [5.74, 6) is 1.51. The van der Waals surface area contributed by atoms with Crippen LogP contribution in [0.15, 0.2) is 30.5 Å². The number of H-pyrrole nitrogens is 1. The third-order valence-electron chi connectivity index (χ3n) is 3.37. The van der Waals surface area contributed by atoms with E-state index in [0.717, 1.165) is 41.0 Å². The van der Waals surface area contributed by atoms with Crippen molar-refractivity contribution in [1.82, 2.24) is 20.2 Å². The Labute approximate surface area is 122 Å². The second-order valence-corrected chi connectivity index (χ2v) is 4.75. The molecule has 0 radical (unpaired) electrons. The number of hydrogen-bond donors (Lipinski definition) is 2. The lowest BCUT2D eigenvalue weighted by atomic mass is 10.1. The molecule has 0 aliphatic carbocycles. The van der Waals surface area contributed by atoms with Gasteiger partial charge in [-0.3, -0.25) is 5.10 Å². The third kappa shape index (κ3) is 2.79. The number of nitrogens with one attached hydrogen (secondary N) is 2. The fourth-order valence-electron chi connectivity index (χ4n) is 2.28. The predicted octanol–water partition coefficient (Wildman–Crippen LogP) is 2.32. The van der Waals surface area contributed by atoms with Crippen LogP contribution in [-0.2, 0) is 6.42 Å². The second kappa shape index (κ2) is 5.78. The number of hydrogen-bond acceptors (Lipinski definition) is 5. The number of methoxy groups -OCH3 is 1. The highest BCUT2D eigenvalue weighted by Crippen LogP contribution is 2.18. The molecule has 0 fully saturated rings. The summed E-state index contributed by atoms with van der Waals surface area (Å²) >= 11 is 0. The molecule has 1 aromatic carbocycles. The van der Waals surface area contributed by atoms with Gasteiger partial charge in [0.1, 0.15) is 5.75 Å². The Kier molecular flexibility index (Phi) is 3.68. The molecule has 0 amide bonds. The number of benzene rings is 1. The summed E-state index contributed by atoms with van der Waals surface area (Å²) in [6.45, 7) is 2.68. The summed E-state index contributed by atoms with van der Waals surface area (Å²) in [6, 6.07) is 8.00. The van der Waals surface area contributed by atoms with E-state index in [9.17, 15) is 0 Å². The van der Waals surface area contributed by atoms with E-state index in [4.69, 9.17) is 4.74 Å². The first-order chi connectivity index (χ1) is 10.3. The molecule has 3 rings (SSSR count). The maximum absolute atomic E-state index is 5.34. The zero-order valence-electron chi connectivity index (χ0n) is 12.1. The summed E-state index contributed by atoms with van der Waals surface area (Å²) in [7, 11) is 1.69. The Morgan fingerprint density at radius 3 is 2.95 bits per heavy atom. The number of aromatic nitrogens is 4. The first-order valence-electron chi connectivity index (χ1n) is 6.81. The fourth-order valence-corrected chi connectivity index (χ4v) is 2.28. The number of para-hydroxylation sites is 1. The van der Waals surface area contributed by atoms with Gasteiger partial charge in [-0.2, -0.15) is 10.1 Å². The van der Waals surface area contributed by atoms with Crippen molar-refractivity contribution in [1.29, 1.82) is 0 Å². The highest BCUT2D eigenvalue weighted by atomic mass is 16.5. The summed E-state index contributed by atoms with van der Waals surface area (Å²) < 4.78 is 5.34. The van der Waals surface area contributed by atoms with Gasteiger partial charge in [0.25, 0.3) is 0 Å². The second-order valence-electron chi connectivity index (χ2n) is 4.75. The van der Waals surface area contributed by atoms with Gasteiger partial charge < -0.3 is 10.1 Å². The van der Waals surface area contributed by atoms with E-state index >= 15 is 0 Å². The molecule has 0 saturated carbocycles. The SMILES string of the molecule is COc1ccccc1CCNc1nc(C)c2cn[nH]c2n1. The van der Waals surface area contributed by atoms with Crippen LogP contribution in [0.1, 0.15) is 11.3 Å². The van der Waals surface area contributed by atoms with Crippen LogP contribution >= 0.6 is 0 Å². The molecule has 21 heavy (non-hydrogen) atoms. The van der Waals surface area contributed by atoms with Crippen LogP contribution < -0.4 is 10.1 Å². The highest BCUT2D eigenvalue weighted by molar-refractivity contribution is 5.77. The van der Waals surface area contributed by atoms with Crippen molar-refractivity contribution in [2.24, 2.45) is 0 Å². The molecular weight excluding hydrogens is 266 g/mol. The van der Waals surface area contributed by atoms with Gasteiger partial charge in [-0.1, -0.05) is 18.2 Å². The summed E-state index contributed by atoms with van der Waals surface area (Å²) in [6.07, 6.45) is 2.58. The molecule has 2 N–H and O–H groups in total. The molecule has 0 aliphatic rings. The minimum absolute atomic E-state index is 0.610. The minimum atomic E-state index is 0.610. The van der Waals surface area contributed by atoms with Crippen LogP contribution in [0.5, 0.6) is 5.75 Å². The van der Waals surface area contributed by atoms with E-state index in [0.29, 0.717) is 5.95 Å². The lowest BCUT2D eigenvalue weighted by Crippen LogP contribution is -2.09. The standard InChI is InChI=1S/C15H17N5O/c1-10-12-9-17-20-14(12)19-15(18-10)16-8-7-11-5-3-4-6-13(11)21-2/h3-6,9H,7-8H2,1-2H3,(H2,16,17,18,19,20). The summed E-state index contributed by atoms with van der Waals surface area (Å²) in [5.41, 5.74) is 2.82. The predicted molar refractivity (Wildman–Crippen MR) is 81.6 cm³/mol. The van der Waals surface area contributed by atoms with Gasteiger partial charge in [0, 0.05) is 6.54 Å². The Bertz CT molecular complexity index is 753. The molecule has 0 saturated heterocycles. The van der Waals surface area contributed by atoms with Gasteiger partial charge in [-0.25, -0.2) is 4.98 Å². The van der Waals surface area contributed by atoms with Crippen molar-refractivity contribution in [2.45, 2.75) is 13.3 Å². The number of rotatable bonds is 5. The number of fused-ring (bicyclic) bond motifs is 1. The molecule has 0 unspecified atom stereocenters. The Hall–Kier alpha value is -2.63. The largest absolute Gasteiger partial charge is 0.496 e. The van der Waals surface area contributed by atoms with Crippen LogP contribution in [0.4, 0.5) is 5.95 Å². The van der Waals surface area contributed by atoms with E-state index in [1.165, 1.54) is 0 Å². The van der Waals surface area contributed by atoms with Gasteiger partial charge >= 0.3 is 0 Å². The topological polar surface area (TPSA) is 75.7 Å². The number of anilines is 1. The Morgan fingerprint density at radius 2 is 2.10 bits per heavy atom. The average molecular weight is 283 g/mol. The summed E-state index contributed by atoms with van der Waals surface area (Å²) in [4.78, 5) is 8.83. The van der Waals surface area contributed by atoms with Crippen molar-refractivity contribution in [2.75, 3.05) is 19.0 Å². The van der Waals surface area contributed by atoms with E-state index in [1.807, 2.05) is 25.1 Å². The minimum Gasteiger partial charge on any atom is -0.496 e. The molecular formula is C15H17N5O. The lowest BCUT2D eigenvalue weighted by Gasteiger charge is -2.09. The van der Waals surface area contributed by atoms with Gasteiger partial charge in [-0.15, -0.1) is 0 Å². The third-order valence-corrected chi connectivity index (χ3v) is 3.37. The molecule has 108 valence electrons. The van der Waals surface area contributed by atoms with Crippen LogP contribution in [0.3, 0.4) is 0 Å². The Balaban J connectivity index is 1.69. The van der Waals surface area contributed by atoms with Crippen molar-refractivity contribution in [3.8, 4) is 5.75 Å². The molecule has 0 atom stereocenters. The van der Waals surface area contributed by atoms with E-state index in [2.05, 4.69) is 31.5 Å². The zero-order chi connectivity index (χ0) is 14.7. The van der Waals surface area contributed by atoms with Crippen molar-refractivity contribution < 1.29 is 4.74 Å². The molecule has 0 bridgehead atoms. The van der Waals surface area contributed by atoms with Crippen molar-refractivity contribution >= 4 is 17.0 Å². The molecule has 2 aromatic heterocycles. The van der Waals surface area contributed by atoms with Crippen molar-refractivity contribution in [3.63, 3.8) is 0 Å². The van der Waals surface area contributed by atoms with Crippen LogP contribution in [0.25, 0.3) is 11.0 Å².